The van der Waals surface area contributed by atoms with Crippen molar-refractivity contribution in [3.05, 3.63) is 76.7 Å². The lowest BCUT2D eigenvalue weighted by molar-refractivity contribution is 0.0926. The number of hydrogen-bond acceptors (Lipinski definition) is 4. The van der Waals surface area contributed by atoms with Crippen molar-refractivity contribution in [1.82, 2.24) is 19.7 Å². The molecule has 0 saturated heterocycles. The van der Waals surface area contributed by atoms with Crippen LogP contribution in [0.5, 0.6) is 0 Å². The van der Waals surface area contributed by atoms with E-state index < -0.39 is 0 Å². The number of para-hydroxylation sites is 1. The van der Waals surface area contributed by atoms with E-state index in [9.17, 15) is 14.0 Å². The number of nitrogens with zero attached hydrogens (tertiary/aromatic N) is 3. The number of benzene rings is 2. The number of amides is 1. The highest BCUT2D eigenvalue weighted by Crippen LogP contribution is 2.36. The Balaban J connectivity index is 1.32. The molecule has 0 radical (unpaired) electrons. The van der Waals surface area contributed by atoms with Gasteiger partial charge in [0.1, 0.15) is 11.4 Å². The molecule has 1 N–H and O–H groups in total. The zero-order valence-electron chi connectivity index (χ0n) is 16.0. The molecule has 0 spiro atoms. The predicted octanol–water partition coefficient (Wildman–Crippen LogP) is 3.36. The average molecular weight is 406 g/mol. The number of halogens is 1. The van der Waals surface area contributed by atoms with Crippen molar-refractivity contribution in [2.24, 2.45) is 0 Å². The first-order valence-corrected chi connectivity index (χ1v) is 9.82. The second-order valence-electron chi connectivity index (χ2n) is 7.34. The predicted molar refractivity (Wildman–Crippen MR) is 109 cm³/mol. The first-order valence-electron chi connectivity index (χ1n) is 9.82. The third-order valence-electron chi connectivity index (χ3n) is 5.14. The summed E-state index contributed by atoms with van der Waals surface area (Å²) in [5.41, 5.74) is 1.10. The fraction of sp³-hybridized carbons (Fsp3) is 0.227. The van der Waals surface area contributed by atoms with E-state index in [1.807, 2.05) is 18.2 Å². The van der Waals surface area contributed by atoms with Crippen molar-refractivity contribution in [2.75, 3.05) is 6.54 Å². The molecule has 1 fully saturated rings. The van der Waals surface area contributed by atoms with Gasteiger partial charge in [-0.15, -0.1) is 5.10 Å². The molecular formula is C22H19FN4O3. The number of fused-ring (bicyclic) bond motifs is 1. The van der Waals surface area contributed by atoms with Gasteiger partial charge in [0.05, 0.1) is 6.54 Å². The lowest BCUT2D eigenvalue weighted by Crippen LogP contribution is -2.32. The standard InChI is InChI=1S/C22H19FN4O3/c23-16-7-5-14(6-8-16)20-25-26(22(29)27(20)17-9-10-17)12-11-24-21(28)19-13-15-3-1-2-4-18(15)30-19/h1-8,13,17H,9-12H2,(H,24,28). The summed E-state index contributed by atoms with van der Waals surface area (Å²) in [6.45, 7) is 0.443. The molecule has 4 aromatic rings. The normalized spacial score (nSPS) is 13.6. The molecule has 2 aromatic heterocycles. The Morgan fingerprint density at radius 3 is 2.67 bits per heavy atom. The van der Waals surface area contributed by atoms with Crippen LogP contribution >= 0.6 is 0 Å². The maximum Gasteiger partial charge on any atom is 0.346 e. The molecule has 152 valence electrons. The largest absolute Gasteiger partial charge is 0.451 e. The third kappa shape index (κ3) is 3.41. The lowest BCUT2D eigenvalue weighted by Gasteiger charge is -2.03. The van der Waals surface area contributed by atoms with E-state index in [2.05, 4.69) is 10.4 Å². The van der Waals surface area contributed by atoms with E-state index in [1.54, 1.807) is 28.8 Å². The van der Waals surface area contributed by atoms with Crippen LogP contribution in [0.4, 0.5) is 4.39 Å². The summed E-state index contributed by atoms with van der Waals surface area (Å²) >= 11 is 0. The number of hydrogen-bond donors (Lipinski definition) is 1. The van der Waals surface area contributed by atoms with Crippen LogP contribution in [0.25, 0.3) is 22.4 Å². The highest BCUT2D eigenvalue weighted by molar-refractivity contribution is 5.96. The number of carbonyl (C=O) groups excluding carboxylic acids is 1. The number of carbonyl (C=O) groups is 1. The monoisotopic (exact) mass is 406 g/mol. The van der Waals surface area contributed by atoms with Crippen molar-refractivity contribution in [3.63, 3.8) is 0 Å². The van der Waals surface area contributed by atoms with Gasteiger partial charge in [-0.05, 0) is 49.2 Å². The van der Waals surface area contributed by atoms with Gasteiger partial charge < -0.3 is 9.73 Å². The molecule has 0 atom stereocenters. The molecule has 2 aromatic carbocycles. The van der Waals surface area contributed by atoms with E-state index in [-0.39, 0.29) is 42.3 Å². The fourth-order valence-corrected chi connectivity index (χ4v) is 3.48. The zero-order valence-corrected chi connectivity index (χ0v) is 16.0. The van der Waals surface area contributed by atoms with Crippen LogP contribution in [0.15, 0.2) is 63.8 Å². The quantitative estimate of drug-likeness (QED) is 0.532. The van der Waals surface area contributed by atoms with Gasteiger partial charge in [-0.25, -0.2) is 13.9 Å². The smallest absolute Gasteiger partial charge is 0.346 e. The van der Waals surface area contributed by atoms with Gasteiger partial charge in [0.25, 0.3) is 5.91 Å². The molecule has 5 rings (SSSR count). The highest BCUT2D eigenvalue weighted by atomic mass is 19.1. The molecule has 0 aliphatic heterocycles. The first-order chi connectivity index (χ1) is 14.6. The summed E-state index contributed by atoms with van der Waals surface area (Å²) in [7, 11) is 0. The fourth-order valence-electron chi connectivity index (χ4n) is 3.48. The second-order valence-corrected chi connectivity index (χ2v) is 7.34. The number of aromatic nitrogens is 3. The van der Waals surface area contributed by atoms with Gasteiger partial charge >= 0.3 is 5.69 Å². The Morgan fingerprint density at radius 1 is 1.17 bits per heavy atom. The van der Waals surface area contributed by atoms with Crippen LogP contribution in [0.2, 0.25) is 0 Å². The number of rotatable bonds is 6. The average Bonchev–Trinajstić information content (AvgIpc) is 3.40. The van der Waals surface area contributed by atoms with Crippen LogP contribution < -0.4 is 11.0 Å². The molecular weight excluding hydrogens is 387 g/mol. The SMILES string of the molecule is O=C(NCCn1nc(-c2ccc(F)cc2)n(C2CC2)c1=O)c1cc2ccccc2o1. The number of furan rings is 1. The maximum atomic E-state index is 13.3. The Kier molecular flexibility index (Phi) is 4.46. The van der Waals surface area contributed by atoms with Crippen molar-refractivity contribution >= 4 is 16.9 Å². The molecule has 7 nitrogen and oxygen atoms in total. The van der Waals surface area contributed by atoms with Crippen LogP contribution in [0.3, 0.4) is 0 Å². The molecule has 1 aliphatic rings. The highest BCUT2D eigenvalue weighted by Gasteiger charge is 2.30. The minimum Gasteiger partial charge on any atom is -0.451 e. The van der Waals surface area contributed by atoms with Crippen molar-refractivity contribution < 1.29 is 13.6 Å². The maximum absolute atomic E-state index is 13.3. The summed E-state index contributed by atoms with van der Waals surface area (Å²) in [6, 6.07) is 15.1. The van der Waals surface area contributed by atoms with Gasteiger partial charge in [-0.1, -0.05) is 18.2 Å². The zero-order chi connectivity index (χ0) is 20.7. The lowest BCUT2D eigenvalue weighted by atomic mass is 10.2. The van der Waals surface area contributed by atoms with Crippen molar-refractivity contribution in [3.8, 4) is 11.4 Å². The number of nitrogens with one attached hydrogen (secondary N) is 1. The molecule has 2 heterocycles. The van der Waals surface area contributed by atoms with Gasteiger partial charge in [0, 0.05) is 23.5 Å². The molecule has 1 aliphatic carbocycles. The van der Waals surface area contributed by atoms with E-state index in [4.69, 9.17) is 4.42 Å². The molecule has 0 unspecified atom stereocenters. The van der Waals surface area contributed by atoms with Gasteiger partial charge in [0.15, 0.2) is 11.6 Å². The van der Waals surface area contributed by atoms with E-state index in [0.717, 1.165) is 18.2 Å². The van der Waals surface area contributed by atoms with Gasteiger partial charge in [-0.2, -0.15) is 0 Å². The molecule has 8 heteroatoms. The third-order valence-corrected chi connectivity index (χ3v) is 5.14. The molecule has 0 bridgehead atoms. The minimum atomic E-state index is -0.348. The van der Waals surface area contributed by atoms with Gasteiger partial charge in [0.2, 0.25) is 0 Å². The summed E-state index contributed by atoms with van der Waals surface area (Å²) < 4.78 is 21.8. The van der Waals surface area contributed by atoms with Crippen LogP contribution in [-0.4, -0.2) is 26.8 Å². The van der Waals surface area contributed by atoms with E-state index in [1.165, 1.54) is 16.8 Å². The van der Waals surface area contributed by atoms with Crippen molar-refractivity contribution in [2.45, 2.75) is 25.4 Å². The molecule has 1 amide bonds. The van der Waals surface area contributed by atoms with Crippen LogP contribution in [0, 0.1) is 5.82 Å². The Hall–Kier alpha value is -3.68. The van der Waals surface area contributed by atoms with Gasteiger partial charge in [-0.3, -0.25) is 9.36 Å². The minimum absolute atomic E-state index is 0.122. The molecule has 30 heavy (non-hydrogen) atoms. The molecule has 1 saturated carbocycles. The Morgan fingerprint density at radius 2 is 1.93 bits per heavy atom. The van der Waals surface area contributed by atoms with Crippen molar-refractivity contribution in [1.29, 1.82) is 0 Å². The first kappa shape index (κ1) is 18.4. The second kappa shape index (κ2) is 7.29. The Bertz CT molecular complexity index is 1250. The summed E-state index contributed by atoms with van der Waals surface area (Å²) in [6.07, 6.45) is 1.84. The van der Waals surface area contributed by atoms with Crippen LogP contribution in [0.1, 0.15) is 29.4 Å². The van der Waals surface area contributed by atoms with E-state index >= 15 is 0 Å². The summed E-state index contributed by atoms with van der Waals surface area (Å²) in [5.74, 6) is 0.0524. The topological polar surface area (TPSA) is 82.1 Å². The Labute approximate surface area is 170 Å². The summed E-state index contributed by atoms with van der Waals surface area (Å²) in [4.78, 5) is 25.2. The van der Waals surface area contributed by atoms with E-state index in [0.29, 0.717) is 17.0 Å². The summed E-state index contributed by atoms with van der Waals surface area (Å²) in [5, 5.41) is 8.06. The van der Waals surface area contributed by atoms with Crippen LogP contribution in [-0.2, 0) is 6.54 Å².